The summed E-state index contributed by atoms with van der Waals surface area (Å²) in [6, 6.07) is 0.169. The van der Waals surface area contributed by atoms with Gasteiger partial charge in [0, 0.05) is 12.1 Å². The second-order valence-electron chi connectivity index (χ2n) is 6.78. The second kappa shape index (κ2) is 6.08. The molecule has 0 saturated heterocycles. The van der Waals surface area contributed by atoms with E-state index in [-0.39, 0.29) is 11.6 Å². The molecule has 1 aliphatic carbocycles. The third-order valence-electron chi connectivity index (χ3n) is 4.65. The van der Waals surface area contributed by atoms with Crippen molar-refractivity contribution < 1.29 is 0 Å². The van der Waals surface area contributed by atoms with E-state index in [4.69, 9.17) is 12.2 Å². The normalized spacial score (nSPS) is 32.8. The van der Waals surface area contributed by atoms with Gasteiger partial charge in [-0.2, -0.15) is 0 Å². The lowest BCUT2D eigenvalue weighted by molar-refractivity contribution is 0.0736. The SMILES string of the molecule is C#CC(CCC)NC1(CN)CCC(C)(C)CC1C. The van der Waals surface area contributed by atoms with Crippen molar-refractivity contribution in [2.45, 2.75) is 71.4 Å². The van der Waals surface area contributed by atoms with Crippen LogP contribution in [0, 0.1) is 23.7 Å². The van der Waals surface area contributed by atoms with Crippen LogP contribution in [0.4, 0.5) is 0 Å². The first-order valence-electron chi connectivity index (χ1n) is 7.33. The maximum absolute atomic E-state index is 6.09. The van der Waals surface area contributed by atoms with E-state index >= 15 is 0 Å². The summed E-state index contributed by atoms with van der Waals surface area (Å²) in [7, 11) is 0. The van der Waals surface area contributed by atoms with E-state index < -0.39 is 0 Å². The molecule has 0 aromatic heterocycles. The van der Waals surface area contributed by atoms with Crippen LogP contribution >= 0.6 is 0 Å². The monoisotopic (exact) mass is 250 g/mol. The Bertz CT molecular complexity index is 303. The number of hydrogen-bond acceptors (Lipinski definition) is 2. The van der Waals surface area contributed by atoms with E-state index in [0.717, 1.165) is 19.3 Å². The van der Waals surface area contributed by atoms with Crippen molar-refractivity contribution in [3.8, 4) is 12.3 Å². The van der Waals surface area contributed by atoms with Gasteiger partial charge in [0.15, 0.2) is 0 Å². The molecule has 3 atom stereocenters. The Labute approximate surface area is 113 Å². The topological polar surface area (TPSA) is 38.0 Å². The standard InChI is InChI=1S/C16H30N2/c1-6-8-14(7-2)18-16(12-17)10-9-15(4,5)11-13(16)3/h2,13-14,18H,6,8-12,17H2,1,3-5H3. The van der Waals surface area contributed by atoms with Crippen LogP contribution in [0.1, 0.15) is 59.8 Å². The molecular formula is C16H30N2. The maximum atomic E-state index is 6.09. The molecule has 1 saturated carbocycles. The molecule has 0 amide bonds. The van der Waals surface area contributed by atoms with Crippen LogP contribution in [0.3, 0.4) is 0 Å². The largest absolute Gasteiger partial charge is 0.329 e. The van der Waals surface area contributed by atoms with Crippen LogP contribution in [0.2, 0.25) is 0 Å². The van der Waals surface area contributed by atoms with Crippen molar-refractivity contribution in [3.63, 3.8) is 0 Å². The van der Waals surface area contributed by atoms with Gasteiger partial charge < -0.3 is 5.73 Å². The number of hydrogen-bond donors (Lipinski definition) is 2. The molecule has 0 heterocycles. The summed E-state index contributed by atoms with van der Waals surface area (Å²) in [5.74, 6) is 3.47. The molecule has 104 valence electrons. The summed E-state index contributed by atoms with van der Waals surface area (Å²) in [6.45, 7) is 9.89. The molecule has 0 aromatic rings. The van der Waals surface area contributed by atoms with Gasteiger partial charge in [0.2, 0.25) is 0 Å². The molecule has 2 heteroatoms. The molecule has 0 aliphatic heterocycles. The van der Waals surface area contributed by atoms with Gasteiger partial charge in [0.25, 0.3) is 0 Å². The zero-order valence-electron chi connectivity index (χ0n) is 12.6. The van der Waals surface area contributed by atoms with Crippen LogP contribution in [-0.4, -0.2) is 18.1 Å². The fourth-order valence-electron chi connectivity index (χ4n) is 3.34. The lowest BCUT2D eigenvalue weighted by Crippen LogP contribution is -2.61. The minimum absolute atomic E-state index is 0.0434. The smallest absolute Gasteiger partial charge is 0.0691 e. The number of rotatable bonds is 5. The Morgan fingerprint density at radius 3 is 2.56 bits per heavy atom. The van der Waals surface area contributed by atoms with Crippen molar-refractivity contribution in [2.24, 2.45) is 17.1 Å². The van der Waals surface area contributed by atoms with E-state index in [9.17, 15) is 0 Å². The molecule has 3 N–H and O–H groups in total. The number of nitrogens with one attached hydrogen (secondary N) is 1. The molecule has 3 unspecified atom stereocenters. The molecule has 0 aromatic carbocycles. The van der Waals surface area contributed by atoms with Crippen molar-refractivity contribution in [1.29, 1.82) is 0 Å². The van der Waals surface area contributed by atoms with E-state index in [1.165, 1.54) is 12.8 Å². The van der Waals surface area contributed by atoms with Gasteiger partial charge >= 0.3 is 0 Å². The van der Waals surface area contributed by atoms with Gasteiger partial charge in [-0.05, 0) is 37.0 Å². The fraction of sp³-hybridized carbons (Fsp3) is 0.875. The summed E-state index contributed by atoms with van der Waals surface area (Å²) < 4.78 is 0. The fourth-order valence-corrected chi connectivity index (χ4v) is 3.34. The van der Waals surface area contributed by atoms with Crippen LogP contribution in [0.5, 0.6) is 0 Å². The zero-order valence-corrected chi connectivity index (χ0v) is 12.6. The first-order valence-corrected chi connectivity index (χ1v) is 7.33. The highest BCUT2D eigenvalue weighted by Crippen LogP contribution is 2.43. The van der Waals surface area contributed by atoms with Gasteiger partial charge in [0.05, 0.1) is 6.04 Å². The Balaban J connectivity index is 2.77. The van der Waals surface area contributed by atoms with Crippen molar-refractivity contribution in [1.82, 2.24) is 5.32 Å². The lowest BCUT2D eigenvalue weighted by Gasteiger charge is -2.49. The Hall–Kier alpha value is -0.520. The average molecular weight is 250 g/mol. The minimum atomic E-state index is 0.0434. The molecule has 2 nitrogen and oxygen atoms in total. The Morgan fingerprint density at radius 2 is 2.11 bits per heavy atom. The first-order chi connectivity index (χ1) is 8.39. The third kappa shape index (κ3) is 3.49. The van der Waals surface area contributed by atoms with Gasteiger partial charge in [-0.3, -0.25) is 5.32 Å². The van der Waals surface area contributed by atoms with E-state index in [1.54, 1.807) is 0 Å². The lowest BCUT2D eigenvalue weighted by atomic mass is 9.63. The second-order valence-corrected chi connectivity index (χ2v) is 6.78. The molecule has 0 radical (unpaired) electrons. The third-order valence-corrected chi connectivity index (χ3v) is 4.65. The van der Waals surface area contributed by atoms with E-state index in [0.29, 0.717) is 17.9 Å². The number of nitrogens with two attached hydrogens (primary N) is 1. The van der Waals surface area contributed by atoms with Crippen LogP contribution in [0.25, 0.3) is 0 Å². The van der Waals surface area contributed by atoms with Crippen molar-refractivity contribution in [3.05, 3.63) is 0 Å². The Morgan fingerprint density at radius 1 is 1.44 bits per heavy atom. The maximum Gasteiger partial charge on any atom is 0.0691 e. The minimum Gasteiger partial charge on any atom is -0.329 e. The predicted molar refractivity (Wildman–Crippen MR) is 79.2 cm³/mol. The highest BCUT2D eigenvalue weighted by atomic mass is 15.0. The summed E-state index contributed by atoms with van der Waals surface area (Å²) in [5.41, 5.74) is 6.57. The van der Waals surface area contributed by atoms with Crippen molar-refractivity contribution >= 4 is 0 Å². The number of terminal acetylenes is 1. The summed E-state index contributed by atoms with van der Waals surface area (Å²) in [4.78, 5) is 0. The summed E-state index contributed by atoms with van der Waals surface area (Å²) in [6.07, 6.45) is 11.4. The predicted octanol–water partition coefficient (Wildman–Crippen LogP) is 2.92. The summed E-state index contributed by atoms with van der Waals surface area (Å²) >= 11 is 0. The molecule has 1 fully saturated rings. The van der Waals surface area contributed by atoms with Gasteiger partial charge in [0.1, 0.15) is 0 Å². The Kier molecular flexibility index (Phi) is 5.25. The highest BCUT2D eigenvalue weighted by molar-refractivity contribution is 5.07. The molecule has 18 heavy (non-hydrogen) atoms. The molecule has 0 bridgehead atoms. The van der Waals surface area contributed by atoms with Gasteiger partial charge in [-0.15, -0.1) is 6.42 Å². The average Bonchev–Trinajstić information content (AvgIpc) is 2.31. The van der Waals surface area contributed by atoms with Gasteiger partial charge in [-0.25, -0.2) is 0 Å². The summed E-state index contributed by atoms with van der Waals surface area (Å²) in [5, 5.41) is 3.70. The van der Waals surface area contributed by atoms with E-state index in [1.807, 2.05) is 0 Å². The van der Waals surface area contributed by atoms with Crippen molar-refractivity contribution in [2.75, 3.05) is 6.54 Å². The van der Waals surface area contributed by atoms with Crippen LogP contribution in [-0.2, 0) is 0 Å². The van der Waals surface area contributed by atoms with E-state index in [2.05, 4.69) is 38.9 Å². The quantitative estimate of drug-likeness (QED) is 0.736. The molecule has 1 aliphatic rings. The zero-order chi connectivity index (χ0) is 13.8. The van der Waals surface area contributed by atoms with Crippen LogP contribution < -0.4 is 11.1 Å². The first kappa shape index (κ1) is 15.5. The molecular weight excluding hydrogens is 220 g/mol. The van der Waals surface area contributed by atoms with Gasteiger partial charge in [-0.1, -0.05) is 40.0 Å². The van der Waals surface area contributed by atoms with Crippen LogP contribution in [0.15, 0.2) is 0 Å². The highest BCUT2D eigenvalue weighted by Gasteiger charge is 2.43. The molecule has 0 spiro atoms. The molecule has 1 rings (SSSR count).